The Balaban J connectivity index is 1.62. The van der Waals surface area contributed by atoms with Gasteiger partial charge in [-0.2, -0.15) is 5.10 Å². The van der Waals surface area contributed by atoms with Crippen LogP contribution in [-0.2, 0) is 14.6 Å². The number of anilines is 2. The van der Waals surface area contributed by atoms with Crippen LogP contribution in [0.3, 0.4) is 0 Å². The van der Waals surface area contributed by atoms with Crippen LogP contribution in [0.5, 0.6) is 0 Å². The lowest BCUT2D eigenvalue weighted by molar-refractivity contribution is -0.114. The number of fused-ring (bicyclic) bond motifs is 1. The molecule has 2 N–H and O–H groups in total. The third kappa shape index (κ3) is 4.72. The lowest BCUT2D eigenvalue weighted by Gasteiger charge is -2.13. The van der Waals surface area contributed by atoms with Crippen LogP contribution in [0.4, 0.5) is 11.4 Å². The van der Waals surface area contributed by atoms with Gasteiger partial charge < -0.3 is 10.6 Å². The maximum atomic E-state index is 13.6. The van der Waals surface area contributed by atoms with Crippen molar-refractivity contribution < 1.29 is 18.0 Å². The average molecular weight is 504 g/mol. The Kier molecular flexibility index (Phi) is 6.05. The molecule has 1 aliphatic heterocycles. The van der Waals surface area contributed by atoms with Crippen molar-refractivity contribution in [1.29, 1.82) is 0 Å². The minimum atomic E-state index is -3.14. The first-order valence-electron chi connectivity index (χ1n) is 11.5. The Hall–Kier alpha value is -4.05. The van der Waals surface area contributed by atoms with Gasteiger partial charge in [-0.05, 0) is 37.6 Å². The summed E-state index contributed by atoms with van der Waals surface area (Å²) in [6, 6.07) is 17.8. The van der Waals surface area contributed by atoms with Crippen molar-refractivity contribution in [2.45, 2.75) is 26.3 Å². The van der Waals surface area contributed by atoms with Gasteiger partial charge in [0.25, 0.3) is 5.91 Å². The van der Waals surface area contributed by atoms with Gasteiger partial charge in [0.05, 0.1) is 39.9 Å². The molecule has 36 heavy (non-hydrogen) atoms. The predicted molar refractivity (Wildman–Crippen MR) is 139 cm³/mol. The summed E-state index contributed by atoms with van der Waals surface area (Å²) < 4.78 is 26.0. The molecule has 1 aliphatic rings. The van der Waals surface area contributed by atoms with Crippen molar-refractivity contribution in [3.63, 3.8) is 0 Å². The Morgan fingerprint density at radius 3 is 2.39 bits per heavy atom. The largest absolute Gasteiger partial charge is 0.326 e. The van der Waals surface area contributed by atoms with Gasteiger partial charge in [0.1, 0.15) is 0 Å². The summed E-state index contributed by atoms with van der Waals surface area (Å²) in [7, 11) is -3.14. The number of carbonyl (C=O) groups excluding carboxylic acids is 2. The first-order valence-corrected chi connectivity index (χ1v) is 13.4. The molecule has 9 nitrogen and oxygen atoms in total. The summed E-state index contributed by atoms with van der Waals surface area (Å²) in [5.41, 5.74) is 3.95. The van der Waals surface area contributed by atoms with E-state index in [1.807, 2.05) is 30.3 Å². The highest BCUT2D eigenvalue weighted by molar-refractivity contribution is 7.91. The van der Waals surface area contributed by atoms with Crippen molar-refractivity contribution in [2.24, 2.45) is 0 Å². The highest BCUT2D eigenvalue weighted by atomic mass is 32.2. The van der Waals surface area contributed by atoms with Crippen molar-refractivity contribution in [2.75, 3.05) is 22.1 Å². The fourth-order valence-corrected chi connectivity index (χ4v) is 6.24. The molecule has 1 atom stereocenters. The van der Waals surface area contributed by atoms with Crippen LogP contribution < -0.4 is 10.6 Å². The Labute approximate surface area is 208 Å². The lowest BCUT2D eigenvalue weighted by Crippen LogP contribution is -2.15. The first-order chi connectivity index (χ1) is 17.2. The van der Waals surface area contributed by atoms with E-state index < -0.39 is 9.84 Å². The molecule has 0 saturated carbocycles. The first kappa shape index (κ1) is 23.7. The number of hydrogen-bond acceptors (Lipinski definition) is 6. The molecule has 5 rings (SSSR count). The zero-order valence-electron chi connectivity index (χ0n) is 19.9. The molecular weight excluding hydrogens is 478 g/mol. The molecule has 1 saturated heterocycles. The fraction of sp³-hybridized carbons (Fsp3) is 0.231. The SMILES string of the molecule is CC(=O)Nc1cccc(NC(=O)c2cc(-c3ccccc3)nc3c2c(C)nn3C2CCS(=O)(=O)C2)c1. The number of hydrogen-bond donors (Lipinski definition) is 2. The summed E-state index contributed by atoms with van der Waals surface area (Å²) in [5.74, 6) is -0.466. The monoisotopic (exact) mass is 503 g/mol. The number of aryl methyl sites for hydroxylation is 1. The van der Waals surface area contributed by atoms with Gasteiger partial charge in [-0.15, -0.1) is 0 Å². The molecule has 184 valence electrons. The van der Waals surface area contributed by atoms with Crippen LogP contribution >= 0.6 is 0 Å². The van der Waals surface area contributed by atoms with Gasteiger partial charge in [-0.3, -0.25) is 9.59 Å². The number of carbonyl (C=O) groups is 2. The number of sulfone groups is 1. The molecule has 2 aromatic carbocycles. The standard InChI is InChI=1S/C26H25N5O4S/c1-16-24-22(26(33)28-20-10-6-9-19(13-20)27-17(2)32)14-23(18-7-4-3-5-8-18)29-25(24)31(30-16)21-11-12-36(34,35)15-21/h3-10,13-14,21H,11-12,15H2,1-2H3,(H,27,32)(H,28,33). The third-order valence-corrected chi connectivity index (χ3v) is 7.90. The quantitative estimate of drug-likeness (QED) is 0.425. The predicted octanol–water partition coefficient (Wildman–Crippen LogP) is 3.98. The minimum absolute atomic E-state index is 0.00205. The maximum absolute atomic E-state index is 13.6. The number of nitrogens with zero attached hydrogens (tertiary/aromatic N) is 3. The highest BCUT2D eigenvalue weighted by Crippen LogP contribution is 2.32. The number of benzene rings is 2. The fourth-order valence-electron chi connectivity index (χ4n) is 4.55. The number of rotatable bonds is 5. The van der Waals surface area contributed by atoms with E-state index in [2.05, 4.69) is 15.7 Å². The molecule has 0 radical (unpaired) electrons. The van der Waals surface area contributed by atoms with E-state index in [9.17, 15) is 18.0 Å². The molecule has 10 heteroatoms. The van der Waals surface area contributed by atoms with Gasteiger partial charge in [0, 0.05) is 23.9 Å². The van der Waals surface area contributed by atoms with Crippen molar-refractivity contribution >= 4 is 44.1 Å². The molecular formula is C26H25N5O4S. The van der Waals surface area contributed by atoms with Gasteiger partial charge in [0.15, 0.2) is 15.5 Å². The van der Waals surface area contributed by atoms with E-state index in [1.54, 1.807) is 41.9 Å². The van der Waals surface area contributed by atoms with Crippen LogP contribution in [0.15, 0.2) is 60.7 Å². The summed E-state index contributed by atoms with van der Waals surface area (Å²) >= 11 is 0. The van der Waals surface area contributed by atoms with Crippen molar-refractivity contribution in [3.8, 4) is 11.3 Å². The molecule has 0 bridgehead atoms. The van der Waals surface area contributed by atoms with Crippen molar-refractivity contribution in [3.05, 3.63) is 71.9 Å². The second-order valence-corrected chi connectivity index (χ2v) is 11.2. The number of amides is 2. The summed E-state index contributed by atoms with van der Waals surface area (Å²) in [6.07, 6.45) is 0.452. The number of pyridine rings is 1. The van der Waals surface area contributed by atoms with Crippen LogP contribution in [0.1, 0.15) is 35.4 Å². The van der Waals surface area contributed by atoms with E-state index >= 15 is 0 Å². The minimum Gasteiger partial charge on any atom is -0.326 e. The molecule has 1 unspecified atom stereocenters. The van der Waals surface area contributed by atoms with E-state index in [1.165, 1.54) is 6.92 Å². The molecule has 2 amide bonds. The topological polar surface area (TPSA) is 123 Å². The number of aromatic nitrogens is 3. The second kappa shape index (κ2) is 9.19. The van der Waals surface area contributed by atoms with Crippen LogP contribution in [0.2, 0.25) is 0 Å². The van der Waals surface area contributed by atoms with Crippen LogP contribution in [0, 0.1) is 6.92 Å². The van der Waals surface area contributed by atoms with Crippen molar-refractivity contribution in [1.82, 2.24) is 14.8 Å². The van der Waals surface area contributed by atoms with E-state index in [0.717, 1.165) is 5.56 Å². The molecule has 4 aromatic rings. The van der Waals surface area contributed by atoms with Gasteiger partial charge in [-0.1, -0.05) is 36.4 Å². The molecule has 1 fully saturated rings. The Morgan fingerprint density at radius 1 is 1.00 bits per heavy atom. The molecule has 2 aromatic heterocycles. The third-order valence-electron chi connectivity index (χ3n) is 6.15. The molecule has 3 heterocycles. The highest BCUT2D eigenvalue weighted by Gasteiger charge is 2.32. The van der Waals surface area contributed by atoms with Crippen LogP contribution in [0.25, 0.3) is 22.3 Å². The Morgan fingerprint density at radius 2 is 1.72 bits per heavy atom. The summed E-state index contributed by atoms with van der Waals surface area (Å²) in [6.45, 7) is 3.21. The van der Waals surface area contributed by atoms with Crippen LogP contribution in [-0.4, -0.2) is 46.5 Å². The Bertz CT molecular complexity index is 1600. The lowest BCUT2D eigenvalue weighted by atomic mass is 10.0. The van der Waals surface area contributed by atoms with E-state index in [0.29, 0.717) is 45.8 Å². The van der Waals surface area contributed by atoms with E-state index in [-0.39, 0.29) is 29.4 Å². The zero-order chi connectivity index (χ0) is 25.4. The average Bonchev–Trinajstić information content (AvgIpc) is 3.37. The smallest absolute Gasteiger partial charge is 0.256 e. The summed E-state index contributed by atoms with van der Waals surface area (Å²) in [5, 5.41) is 10.8. The molecule has 0 spiro atoms. The van der Waals surface area contributed by atoms with Gasteiger partial charge in [0.2, 0.25) is 5.91 Å². The normalized spacial score (nSPS) is 16.7. The maximum Gasteiger partial charge on any atom is 0.256 e. The van der Waals surface area contributed by atoms with E-state index in [4.69, 9.17) is 4.98 Å². The molecule has 0 aliphatic carbocycles. The zero-order valence-corrected chi connectivity index (χ0v) is 20.7. The number of nitrogens with one attached hydrogen (secondary N) is 2. The summed E-state index contributed by atoms with van der Waals surface area (Å²) in [4.78, 5) is 29.8. The second-order valence-electron chi connectivity index (χ2n) is 8.92. The van der Waals surface area contributed by atoms with Gasteiger partial charge >= 0.3 is 0 Å². The van der Waals surface area contributed by atoms with Gasteiger partial charge in [-0.25, -0.2) is 18.1 Å².